The van der Waals surface area contributed by atoms with Gasteiger partial charge in [-0.05, 0) is 25.3 Å². The standard InChI is InChI=1S/C13H25NO3S/c1-4-18(16,17)9-5-6-12(15)13(11(2)3)7-8-14-10-13/h11,14H,4-10H2,1-3H3. The van der Waals surface area contributed by atoms with E-state index in [1.807, 2.05) is 0 Å². The molecule has 5 heteroatoms. The molecule has 1 saturated heterocycles. The van der Waals surface area contributed by atoms with Gasteiger partial charge in [-0.1, -0.05) is 20.8 Å². The molecule has 1 N–H and O–H groups in total. The largest absolute Gasteiger partial charge is 0.316 e. The number of rotatable bonds is 7. The summed E-state index contributed by atoms with van der Waals surface area (Å²) in [5.74, 6) is 0.839. The number of Topliss-reactive ketones (excluding diaryl/α,β-unsaturated/α-hetero) is 1. The van der Waals surface area contributed by atoms with E-state index in [2.05, 4.69) is 19.2 Å². The van der Waals surface area contributed by atoms with Gasteiger partial charge < -0.3 is 5.32 Å². The molecule has 1 atom stereocenters. The van der Waals surface area contributed by atoms with Gasteiger partial charge in [0.2, 0.25) is 0 Å². The zero-order valence-electron chi connectivity index (χ0n) is 11.7. The van der Waals surface area contributed by atoms with Crippen LogP contribution in [-0.2, 0) is 14.6 Å². The van der Waals surface area contributed by atoms with Crippen LogP contribution in [0.15, 0.2) is 0 Å². The zero-order chi connectivity index (χ0) is 13.8. The number of hydrogen-bond donors (Lipinski definition) is 1. The Morgan fingerprint density at radius 1 is 1.39 bits per heavy atom. The van der Waals surface area contributed by atoms with Gasteiger partial charge in [0.1, 0.15) is 15.6 Å². The molecule has 0 amide bonds. The third-order valence-electron chi connectivity index (χ3n) is 4.15. The highest BCUT2D eigenvalue weighted by Crippen LogP contribution is 2.36. The molecule has 1 fully saturated rings. The Bertz CT molecular complexity index is 381. The van der Waals surface area contributed by atoms with Crippen molar-refractivity contribution in [1.82, 2.24) is 5.32 Å². The normalized spacial score (nSPS) is 24.7. The van der Waals surface area contributed by atoms with Crippen LogP contribution in [0.25, 0.3) is 0 Å². The molecule has 1 aliphatic heterocycles. The van der Waals surface area contributed by atoms with E-state index in [0.29, 0.717) is 18.8 Å². The van der Waals surface area contributed by atoms with Gasteiger partial charge in [-0.25, -0.2) is 8.42 Å². The summed E-state index contributed by atoms with van der Waals surface area (Å²) in [5.41, 5.74) is -0.268. The smallest absolute Gasteiger partial charge is 0.150 e. The minimum Gasteiger partial charge on any atom is -0.316 e. The van der Waals surface area contributed by atoms with Gasteiger partial charge in [-0.15, -0.1) is 0 Å². The molecule has 0 saturated carbocycles. The summed E-state index contributed by atoms with van der Waals surface area (Å²) in [4.78, 5) is 12.3. The quantitative estimate of drug-likeness (QED) is 0.763. The van der Waals surface area contributed by atoms with Gasteiger partial charge in [0, 0.05) is 24.1 Å². The van der Waals surface area contributed by atoms with E-state index < -0.39 is 9.84 Å². The van der Waals surface area contributed by atoms with E-state index >= 15 is 0 Å². The topological polar surface area (TPSA) is 63.2 Å². The predicted molar refractivity (Wildman–Crippen MR) is 73.3 cm³/mol. The Balaban J connectivity index is 2.54. The molecule has 1 aliphatic rings. The molecule has 1 rings (SSSR count). The summed E-state index contributed by atoms with van der Waals surface area (Å²) in [6.07, 6.45) is 1.73. The second-order valence-corrected chi connectivity index (χ2v) is 7.97. The van der Waals surface area contributed by atoms with E-state index in [9.17, 15) is 13.2 Å². The summed E-state index contributed by atoms with van der Waals surface area (Å²) in [7, 11) is -2.95. The Kier molecular flexibility index (Phi) is 5.34. The van der Waals surface area contributed by atoms with Gasteiger partial charge in [0.25, 0.3) is 0 Å². The first-order chi connectivity index (χ1) is 8.34. The lowest BCUT2D eigenvalue weighted by molar-refractivity contribution is -0.130. The summed E-state index contributed by atoms with van der Waals surface area (Å²) >= 11 is 0. The highest BCUT2D eigenvalue weighted by Gasteiger charge is 2.42. The fourth-order valence-corrected chi connectivity index (χ4v) is 3.48. The van der Waals surface area contributed by atoms with Gasteiger partial charge in [-0.3, -0.25) is 4.79 Å². The van der Waals surface area contributed by atoms with Crippen molar-refractivity contribution >= 4 is 15.6 Å². The molecule has 18 heavy (non-hydrogen) atoms. The van der Waals surface area contributed by atoms with Crippen LogP contribution in [0, 0.1) is 11.3 Å². The molecule has 0 aromatic rings. The minimum atomic E-state index is -2.95. The lowest BCUT2D eigenvalue weighted by Crippen LogP contribution is -2.38. The first kappa shape index (κ1) is 15.6. The van der Waals surface area contributed by atoms with Crippen LogP contribution in [0.3, 0.4) is 0 Å². The van der Waals surface area contributed by atoms with Gasteiger partial charge >= 0.3 is 0 Å². The Morgan fingerprint density at radius 3 is 2.50 bits per heavy atom. The molecule has 1 heterocycles. The van der Waals surface area contributed by atoms with Gasteiger partial charge in [-0.2, -0.15) is 0 Å². The molecular weight excluding hydrogens is 250 g/mol. The maximum atomic E-state index is 12.3. The minimum absolute atomic E-state index is 0.136. The maximum Gasteiger partial charge on any atom is 0.150 e. The highest BCUT2D eigenvalue weighted by atomic mass is 32.2. The number of sulfone groups is 1. The number of carbonyl (C=O) groups is 1. The van der Waals surface area contributed by atoms with E-state index in [-0.39, 0.29) is 22.7 Å². The second-order valence-electron chi connectivity index (χ2n) is 5.50. The van der Waals surface area contributed by atoms with E-state index in [4.69, 9.17) is 0 Å². The summed E-state index contributed by atoms with van der Waals surface area (Å²) in [6, 6.07) is 0. The predicted octanol–water partition coefficient (Wildman–Crippen LogP) is 1.41. The molecule has 0 aromatic carbocycles. The maximum absolute atomic E-state index is 12.3. The van der Waals surface area contributed by atoms with Crippen molar-refractivity contribution in [2.45, 2.75) is 40.0 Å². The van der Waals surface area contributed by atoms with Crippen LogP contribution in [0.1, 0.15) is 40.0 Å². The molecule has 0 aromatic heterocycles. The van der Waals surface area contributed by atoms with Crippen LogP contribution in [0.4, 0.5) is 0 Å². The molecule has 0 spiro atoms. The third kappa shape index (κ3) is 3.54. The second kappa shape index (κ2) is 6.15. The third-order valence-corrected chi connectivity index (χ3v) is 5.94. The lowest BCUT2D eigenvalue weighted by atomic mass is 9.72. The van der Waals surface area contributed by atoms with Crippen LogP contribution in [0.5, 0.6) is 0 Å². The number of ketones is 1. The van der Waals surface area contributed by atoms with E-state index in [1.54, 1.807) is 6.92 Å². The fraction of sp³-hybridized carbons (Fsp3) is 0.923. The molecule has 1 unspecified atom stereocenters. The lowest BCUT2D eigenvalue weighted by Gasteiger charge is -2.31. The van der Waals surface area contributed by atoms with Crippen molar-refractivity contribution in [3.8, 4) is 0 Å². The summed E-state index contributed by atoms with van der Waals surface area (Å²) in [5, 5.41) is 3.25. The molecule has 0 aliphatic carbocycles. The van der Waals surface area contributed by atoms with Crippen molar-refractivity contribution in [1.29, 1.82) is 0 Å². The summed E-state index contributed by atoms with van der Waals surface area (Å²) < 4.78 is 22.8. The van der Waals surface area contributed by atoms with Crippen molar-refractivity contribution in [3.05, 3.63) is 0 Å². The number of nitrogens with one attached hydrogen (secondary N) is 1. The number of hydrogen-bond acceptors (Lipinski definition) is 4. The van der Waals surface area contributed by atoms with Crippen molar-refractivity contribution in [3.63, 3.8) is 0 Å². The average molecular weight is 275 g/mol. The van der Waals surface area contributed by atoms with Crippen LogP contribution in [-0.4, -0.2) is 38.8 Å². The SMILES string of the molecule is CCS(=O)(=O)CCCC(=O)C1(C(C)C)CCNC1. The molecule has 4 nitrogen and oxygen atoms in total. The Morgan fingerprint density at radius 2 is 2.06 bits per heavy atom. The Hall–Kier alpha value is -0.420. The molecular formula is C13H25NO3S. The highest BCUT2D eigenvalue weighted by molar-refractivity contribution is 7.91. The monoisotopic (exact) mass is 275 g/mol. The zero-order valence-corrected chi connectivity index (χ0v) is 12.5. The molecule has 0 radical (unpaired) electrons. The van der Waals surface area contributed by atoms with Crippen LogP contribution in [0.2, 0.25) is 0 Å². The van der Waals surface area contributed by atoms with Gasteiger partial charge in [0.05, 0.1) is 5.75 Å². The van der Waals surface area contributed by atoms with Gasteiger partial charge in [0.15, 0.2) is 0 Å². The van der Waals surface area contributed by atoms with Crippen LogP contribution >= 0.6 is 0 Å². The Labute approximate surface area is 110 Å². The summed E-state index contributed by atoms with van der Waals surface area (Å²) in [6.45, 7) is 7.43. The average Bonchev–Trinajstić information content (AvgIpc) is 2.79. The van der Waals surface area contributed by atoms with E-state index in [1.165, 1.54) is 0 Å². The van der Waals surface area contributed by atoms with E-state index in [0.717, 1.165) is 19.5 Å². The van der Waals surface area contributed by atoms with Crippen molar-refractivity contribution < 1.29 is 13.2 Å². The van der Waals surface area contributed by atoms with Crippen molar-refractivity contribution in [2.24, 2.45) is 11.3 Å². The fourth-order valence-electron chi connectivity index (χ4n) is 2.61. The number of carbonyl (C=O) groups excluding carboxylic acids is 1. The first-order valence-corrected chi connectivity index (χ1v) is 8.60. The molecule has 106 valence electrons. The van der Waals surface area contributed by atoms with Crippen LogP contribution < -0.4 is 5.32 Å². The molecule has 0 bridgehead atoms. The van der Waals surface area contributed by atoms with Crippen molar-refractivity contribution in [2.75, 3.05) is 24.6 Å². The first-order valence-electron chi connectivity index (χ1n) is 6.78.